The molecule has 1 fully saturated rings. The summed E-state index contributed by atoms with van der Waals surface area (Å²) in [5, 5.41) is 0. The van der Waals surface area contributed by atoms with Crippen molar-refractivity contribution >= 4 is 16.7 Å². The van der Waals surface area contributed by atoms with Crippen LogP contribution in [0.4, 0.5) is 5.69 Å². The lowest BCUT2D eigenvalue weighted by molar-refractivity contribution is 0.234. The number of aromatic nitrogens is 3. The van der Waals surface area contributed by atoms with E-state index in [2.05, 4.69) is 51.1 Å². The van der Waals surface area contributed by atoms with Crippen LogP contribution in [-0.4, -0.2) is 53.1 Å². The van der Waals surface area contributed by atoms with E-state index in [9.17, 15) is 0 Å². The number of para-hydroxylation sites is 1. The summed E-state index contributed by atoms with van der Waals surface area (Å²) >= 11 is 0. The van der Waals surface area contributed by atoms with Crippen molar-refractivity contribution in [3.63, 3.8) is 0 Å². The van der Waals surface area contributed by atoms with Crippen molar-refractivity contribution in [3.05, 3.63) is 42.7 Å². The Balaban J connectivity index is 1.55. The topological polar surface area (TPSA) is 48.1 Å². The summed E-state index contributed by atoms with van der Waals surface area (Å²) in [6.45, 7) is 4.63. The third kappa shape index (κ3) is 3.51. The van der Waals surface area contributed by atoms with E-state index >= 15 is 0 Å². The van der Waals surface area contributed by atoms with Gasteiger partial charge in [-0.2, -0.15) is 0 Å². The molecule has 1 N–H and O–H groups in total. The van der Waals surface area contributed by atoms with Crippen molar-refractivity contribution in [1.29, 1.82) is 0 Å². The van der Waals surface area contributed by atoms with Crippen LogP contribution in [-0.2, 0) is 0 Å². The van der Waals surface area contributed by atoms with Gasteiger partial charge in [0.05, 0.1) is 17.2 Å². The van der Waals surface area contributed by atoms with Gasteiger partial charge in [-0.25, -0.2) is 4.98 Å². The fraction of sp³-hybridized carbons (Fsp3) is 0.400. The summed E-state index contributed by atoms with van der Waals surface area (Å²) in [5.41, 5.74) is 4.28. The van der Waals surface area contributed by atoms with Gasteiger partial charge in [-0.05, 0) is 44.1 Å². The van der Waals surface area contributed by atoms with E-state index in [0.717, 1.165) is 35.5 Å². The smallest absolute Gasteiger partial charge is 0.140 e. The van der Waals surface area contributed by atoms with Crippen molar-refractivity contribution in [1.82, 2.24) is 19.9 Å². The zero-order valence-electron chi connectivity index (χ0n) is 14.8. The zero-order chi connectivity index (χ0) is 17.1. The van der Waals surface area contributed by atoms with Crippen molar-refractivity contribution in [2.45, 2.75) is 19.3 Å². The highest BCUT2D eigenvalue weighted by atomic mass is 15.2. The molecule has 130 valence electrons. The first-order valence-corrected chi connectivity index (χ1v) is 9.14. The van der Waals surface area contributed by atoms with Crippen molar-refractivity contribution in [2.24, 2.45) is 0 Å². The van der Waals surface area contributed by atoms with Crippen LogP contribution in [0, 0.1) is 0 Å². The van der Waals surface area contributed by atoms with Crippen LogP contribution in [0.1, 0.15) is 19.3 Å². The molecule has 4 rings (SSSR count). The average Bonchev–Trinajstić information content (AvgIpc) is 3.11. The van der Waals surface area contributed by atoms with Gasteiger partial charge in [0.25, 0.3) is 0 Å². The molecular weight excluding hydrogens is 310 g/mol. The molecule has 0 spiro atoms. The Morgan fingerprint density at radius 1 is 1.12 bits per heavy atom. The van der Waals surface area contributed by atoms with Gasteiger partial charge in [0.1, 0.15) is 5.82 Å². The lowest BCUT2D eigenvalue weighted by atomic mass is 10.1. The minimum absolute atomic E-state index is 0.906. The maximum Gasteiger partial charge on any atom is 0.140 e. The Morgan fingerprint density at radius 3 is 2.80 bits per heavy atom. The van der Waals surface area contributed by atoms with Gasteiger partial charge in [0, 0.05) is 37.6 Å². The summed E-state index contributed by atoms with van der Waals surface area (Å²) in [6, 6.07) is 10.4. The van der Waals surface area contributed by atoms with Gasteiger partial charge >= 0.3 is 0 Å². The van der Waals surface area contributed by atoms with Crippen LogP contribution in [0.15, 0.2) is 42.7 Å². The molecule has 3 heterocycles. The molecule has 1 aliphatic rings. The number of anilines is 1. The first-order chi connectivity index (χ1) is 12.3. The molecule has 0 atom stereocenters. The van der Waals surface area contributed by atoms with Gasteiger partial charge in [-0.3, -0.25) is 4.98 Å². The number of benzene rings is 1. The Hall–Kier alpha value is -2.40. The van der Waals surface area contributed by atoms with Crippen LogP contribution in [0.25, 0.3) is 22.4 Å². The maximum atomic E-state index is 4.74. The summed E-state index contributed by atoms with van der Waals surface area (Å²) in [6.07, 6.45) is 7.68. The number of likely N-dealkylation sites (N-methyl/N-ethyl adjacent to an activating group) is 1. The number of pyridine rings is 1. The highest BCUT2D eigenvalue weighted by Crippen LogP contribution is 2.29. The van der Waals surface area contributed by atoms with Crippen LogP contribution >= 0.6 is 0 Å². The van der Waals surface area contributed by atoms with E-state index in [1.165, 1.54) is 38.0 Å². The highest BCUT2D eigenvalue weighted by Gasteiger charge is 2.15. The number of H-pyrrole nitrogens is 1. The van der Waals surface area contributed by atoms with Crippen LogP contribution in [0.2, 0.25) is 0 Å². The Kier molecular flexibility index (Phi) is 4.65. The van der Waals surface area contributed by atoms with Crippen LogP contribution < -0.4 is 4.90 Å². The molecule has 1 aromatic carbocycles. The van der Waals surface area contributed by atoms with Crippen molar-refractivity contribution in [3.8, 4) is 11.4 Å². The molecule has 5 nitrogen and oxygen atoms in total. The predicted octanol–water partition coefficient (Wildman–Crippen LogP) is 3.55. The number of rotatable bonds is 5. The van der Waals surface area contributed by atoms with E-state index in [1.54, 1.807) is 6.20 Å². The second-order valence-corrected chi connectivity index (χ2v) is 6.82. The molecule has 0 saturated carbocycles. The van der Waals surface area contributed by atoms with E-state index in [4.69, 9.17) is 4.98 Å². The number of likely N-dealkylation sites (tertiary alicyclic amines) is 1. The molecule has 3 aromatic rings. The molecule has 0 bridgehead atoms. The second kappa shape index (κ2) is 7.23. The Morgan fingerprint density at radius 2 is 1.96 bits per heavy atom. The normalized spacial score (nSPS) is 15.6. The predicted molar refractivity (Wildman–Crippen MR) is 103 cm³/mol. The van der Waals surface area contributed by atoms with Crippen LogP contribution in [0.3, 0.4) is 0 Å². The highest BCUT2D eigenvalue weighted by molar-refractivity contribution is 5.82. The summed E-state index contributed by atoms with van der Waals surface area (Å²) in [7, 11) is 2.17. The van der Waals surface area contributed by atoms with E-state index < -0.39 is 0 Å². The number of piperidine rings is 1. The molecule has 1 saturated heterocycles. The van der Waals surface area contributed by atoms with E-state index in [0.29, 0.717) is 0 Å². The third-order valence-corrected chi connectivity index (χ3v) is 5.05. The lowest BCUT2D eigenvalue weighted by Crippen LogP contribution is -2.36. The minimum Gasteiger partial charge on any atom is -0.373 e. The number of fused-ring (bicyclic) bond motifs is 1. The number of aromatic amines is 1. The van der Waals surface area contributed by atoms with Gasteiger partial charge in [0.15, 0.2) is 0 Å². The maximum absolute atomic E-state index is 4.74. The molecular formula is C20H25N5. The van der Waals surface area contributed by atoms with Crippen molar-refractivity contribution in [2.75, 3.05) is 38.1 Å². The Labute approximate surface area is 148 Å². The largest absolute Gasteiger partial charge is 0.373 e. The molecule has 0 unspecified atom stereocenters. The summed E-state index contributed by atoms with van der Waals surface area (Å²) < 4.78 is 0. The summed E-state index contributed by atoms with van der Waals surface area (Å²) in [4.78, 5) is 17.2. The van der Waals surface area contributed by atoms with Gasteiger partial charge < -0.3 is 14.8 Å². The number of nitrogens with one attached hydrogen (secondary N) is 1. The second-order valence-electron chi connectivity index (χ2n) is 6.82. The molecule has 2 aromatic heterocycles. The number of imidazole rings is 1. The Bertz CT molecular complexity index is 802. The van der Waals surface area contributed by atoms with E-state index in [-0.39, 0.29) is 0 Å². The molecule has 0 radical (unpaired) electrons. The SMILES string of the molecule is CN(CCN1CCCCC1)c1ccccc1-c1nc2ccncc2[nH]1. The lowest BCUT2D eigenvalue weighted by Gasteiger charge is -2.29. The molecule has 25 heavy (non-hydrogen) atoms. The first-order valence-electron chi connectivity index (χ1n) is 9.14. The van der Waals surface area contributed by atoms with Gasteiger partial charge in [0.2, 0.25) is 0 Å². The number of hydrogen-bond donors (Lipinski definition) is 1. The fourth-order valence-corrected chi connectivity index (χ4v) is 3.59. The number of hydrogen-bond acceptors (Lipinski definition) is 4. The van der Waals surface area contributed by atoms with Gasteiger partial charge in [-0.15, -0.1) is 0 Å². The molecule has 0 amide bonds. The fourth-order valence-electron chi connectivity index (χ4n) is 3.59. The minimum atomic E-state index is 0.906. The molecule has 1 aliphatic heterocycles. The quantitative estimate of drug-likeness (QED) is 0.775. The standard InChI is InChI=1S/C20H25N5/c1-24(13-14-25-11-5-2-6-12-25)19-8-4-3-7-16(19)20-22-17-9-10-21-15-18(17)23-20/h3-4,7-10,15H,2,5-6,11-14H2,1H3,(H,22,23). The third-order valence-electron chi connectivity index (χ3n) is 5.05. The number of nitrogens with zero attached hydrogens (tertiary/aromatic N) is 4. The van der Waals surface area contributed by atoms with Crippen LogP contribution in [0.5, 0.6) is 0 Å². The molecule has 5 heteroatoms. The first kappa shape index (κ1) is 16.1. The average molecular weight is 335 g/mol. The van der Waals surface area contributed by atoms with Crippen molar-refractivity contribution < 1.29 is 0 Å². The zero-order valence-corrected chi connectivity index (χ0v) is 14.8. The van der Waals surface area contributed by atoms with E-state index in [1.807, 2.05) is 12.3 Å². The van der Waals surface area contributed by atoms with Gasteiger partial charge in [-0.1, -0.05) is 18.6 Å². The molecule has 0 aliphatic carbocycles. The monoisotopic (exact) mass is 335 g/mol. The summed E-state index contributed by atoms with van der Waals surface area (Å²) in [5.74, 6) is 0.906.